The lowest BCUT2D eigenvalue weighted by Gasteiger charge is -2.18. The SMILES string of the molecule is CCCC(=O)Nc1ccc(N2CCN(c3ccccc3)C2=O)nc1. The molecule has 2 aromatic rings. The molecule has 0 unspecified atom stereocenters. The summed E-state index contributed by atoms with van der Waals surface area (Å²) in [6.45, 7) is 3.17. The average molecular weight is 324 g/mol. The fourth-order valence-electron chi connectivity index (χ4n) is 2.67. The van der Waals surface area contributed by atoms with Gasteiger partial charge in [0.2, 0.25) is 5.91 Å². The van der Waals surface area contributed by atoms with Crippen molar-refractivity contribution in [3.05, 3.63) is 48.7 Å². The number of hydrogen-bond donors (Lipinski definition) is 1. The number of aromatic nitrogens is 1. The van der Waals surface area contributed by atoms with E-state index in [0.717, 1.165) is 12.1 Å². The van der Waals surface area contributed by atoms with Gasteiger partial charge < -0.3 is 5.32 Å². The number of pyridine rings is 1. The zero-order chi connectivity index (χ0) is 16.9. The van der Waals surface area contributed by atoms with E-state index >= 15 is 0 Å². The van der Waals surface area contributed by atoms with Crippen LogP contribution in [0.15, 0.2) is 48.7 Å². The smallest absolute Gasteiger partial charge is 0.325 e. The minimum Gasteiger partial charge on any atom is -0.325 e. The summed E-state index contributed by atoms with van der Waals surface area (Å²) in [5, 5.41) is 2.79. The summed E-state index contributed by atoms with van der Waals surface area (Å²) in [6.07, 6.45) is 2.87. The molecule has 1 aliphatic rings. The third kappa shape index (κ3) is 3.37. The summed E-state index contributed by atoms with van der Waals surface area (Å²) in [5.74, 6) is 0.562. The normalized spacial score (nSPS) is 14.1. The van der Waals surface area contributed by atoms with Crippen molar-refractivity contribution in [1.82, 2.24) is 4.98 Å². The van der Waals surface area contributed by atoms with Crippen molar-refractivity contribution in [3.63, 3.8) is 0 Å². The molecule has 1 saturated heterocycles. The topological polar surface area (TPSA) is 65.5 Å². The van der Waals surface area contributed by atoms with Crippen molar-refractivity contribution in [2.75, 3.05) is 28.2 Å². The second kappa shape index (κ2) is 7.12. The molecule has 0 atom stereocenters. The Balaban J connectivity index is 1.69. The first-order valence-electron chi connectivity index (χ1n) is 8.09. The molecule has 1 N–H and O–H groups in total. The highest BCUT2D eigenvalue weighted by atomic mass is 16.2. The van der Waals surface area contributed by atoms with Gasteiger partial charge in [0.25, 0.3) is 0 Å². The molecule has 1 fully saturated rings. The maximum Gasteiger partial charge on any atom is 0.330 e. The summed E-state index contributed by atoms with van der Waals surface area (Å²) in [5.41, 5.74) is 1.53. The number of rotatable bonds is 5. The zero-order valence-electron chi connectivity index (χ0n) is 13.6. The van der Waals surface area contributed by atoms with E-state index in [-0.39, 0.29) is 11.9 Å². The Morgan fingerprint density at radius 2 is 1.88 bits per heavy atom. The molecule has 1 aromatic carbocycles. The monoisotopic (exact) mass is 324 g/mol. The van der Waals surface area contributed by atoms with Crippen LogP contribution in [0.4, 0.5) is 22.0 Å². The first kappa shape index (κ1) is 16.0. The van der Waals surface area contributed by atoms with E-state index in [1.807, 2.05) is 37.3 Å². The standard InChI is InChI=1S/C18H20N4O2/c1-2-6-17(23)20-14-9-10-16(19-13-14)22-12-11-21(18(22)24)15-7-4-3-5-8-15/h3-5,7-10,13H,2,6,11-12H2,1H3,(H,20,23). The van der Waals surface area contributed by atoms with Crippen LogP contribution < -0.4 is 15.1 Å². The second-order valence-electron chi connectivity index (χ2n) is 5.62. The summed E-state index contributed by atoms with van der Waals surface area (Å²) in [7, 11) is 0. The highest BCUT2D eigenvalue weighted by molar-refractivity contribution is 6.05. The molecule has 0 radical (unpaired) electrons. The minimum absolute atomic E-state index is 0.0282. The summed E-state index contributed by atoms with van der Waals surface area (Å²) in [4.78, 5) is 31.9. The van der Waals surface area contributed by atoms with E-state index < -0.39 is 0 Å². The first-order valence-corrected chi connectivity index (χ1v) is 8.09. The molecule has 0 spiro atoms. The Morgan fingerprint density at radius 1 is 1.12 bits per heavy atom. The maximum absolute atomic E-state index is 12.6. The van der Waals surface area contributed by atoms with E-state index in [1.165, 1.54) is 0 Å². The molecule has 3 rings (SSSR count). The van der Waals surface area contributed by atoms with Crippen molar-refractivity contribution in [2.45, 2.75) is 19.8 Å². The van der Waals surface area contributed by atoms with Crippen LogP contribution in [0.2, 0.25) is 0 Å². The van der Waals surface area contributed by atoms with Crippen LogP contribution in [-0.2, 0) is 4.79 Å². The molecule has 1 aliphatic heterocycles. The summed E-state index contributed by atoms with van der Waals surface area (Å²) < 4.78 is 0. The van der Waals surface area contributed by atoms with Gasteiger partial charge in [0.05, 0.1) is 11.9 Å². The van der Waals surface area contributed by atoms with Crippen molar-refractivity contribution in [3.8, 4) is 0 Å². The maximum atomic E-state index is 12.6. The number of nitrogens with one attached hydrogen (secondary N) is 1. The highest BCUT2D eigenvalue weighted by Gasteiger charge is 2.31. The van der Waals surface area contributed by atoms with Gasteiger partial charge in [-0.05, 0) is 30.7 Å². The summed E-state index contributed by atoms with van der Waals surface area (Å²) in [6, 6.07) is 13.0. The van der Waals surface area contributed by atoms with E-state index in [4.69, 9.17) is 0 Å². The highest BCUT2D eigenvalue weighted by Crippen LogP contribution is 2.24. The molecule has 0 bridgehead atoms. The van der Waals surface area contributed by atoms with Crippen LogP contribution >= 0.6 is 0 Å². The van der Waals surface area contributed by atoms with E-state index in [2.05, 4.69) is 10.3 Å². The number of benzene rings is 1. The van der Waals surface area contributed by atoms with Gasteiger partial charge in [-0.3, -0.25) is 14.6 Å². The van der Waals surface area contributed by atoms with Gasteiger partial charge in [-0.2, -0.15) is 0 Å². The Bertz CT molecular complexity index is 716. The van der Waals surface area contributed by atoms with Crippen LogP contribution in [0.1, 0.15) is 19.8 Å². The van der Waals surface area contributed by atoms with E-state index in [1.54, 1.807) is 28.1 Å². The first-order chi connectivity index (χ1) is 11.7. The Labute approximate surface area is 141 Å². The molecule has 1 aromatic heterocycles. The number of anilines is 3. The van der Waals surface area contributed by atoms with Crippen LogP contribution in [0.5, 0.6) is 0 Å². The fourth-order valence-corrected chi connectivity index (χ4v) is 2.67. The van der Waals surface area contributed by atoms with Crippen molar-refractivity contribution < 1.29 is 9.59 Å². The molecule has 124 valence electrons. The number of amides is 3. The molecule has 6 heteroatoms. The lowest BCUT2D eigenvalue weighted by atomic mass is 10.3. The number of para-hydroxylation sites is 1. The Hall–Kier alpha value is -2.89. The Kier molecular flexibility index (Phi) is 4.74. The molecule has 24 heavy (non-hydrogen) atoms. The third-order valence-corrected chi connectivity index (χ3v) is 3.86. The van der Waals surface area contributed by atoms with Gasteiger partial charge in [0, 0.05) is 25.2 Å². The molecular weight excluding hydrogens is 304 g/mol. The van der Waals surface area contributed by atoms with Gasteiger partial charge in [0.15, 0.2) is 0 Å². The predicted molar refractivity (Wildman–Crippen MR) is 94.3 cm³/mol. The summed E-state index contributed by atoms with van der Waals surface area (Å²) >= 11 is 0. The number of carbonyl (C=O) groups excluding carboxylic acids is 2. The molecule has 0 aliphatic carbocycles. The quantitative estimate of drug-likeness (QED) is 0.918. The third-order valence-electron chi connectivity index (χ3n) is 3.86. The fraction of sp³-hybridized carbons (Fsp3) is 0.278. The predicted octanol–water partition coefficient (Wildman–Crippen LogP) is 3.27. The largest absolute Gasteiger partial charge is 0.330 e. The number of carbonyl (C=O) groups is 2. The molecule has 2 heterocycles. The molecule has 3 amide bonds. The number of urea groups is 1. The second-order valence-corrected chi connectivity index (χ2v) is 5.62. The van der Waals surface area contributed by atoms with Gasteiger partial charge in [-0.15, -0.1) is 0 Å². The minimum atomic E-state index is -0.0866. The van der Waals surface area contributed by atoms with Crippen molar-refractivity contribution >= 4 is 29.1 Å². The van der Waals surface area contributed by atoms with Gasteiger partial charge >= 0.3 is 6.03 Å². The molecule has 0 saturated carbocycles. The van der Waals surface area contributed by atoms with Crippen LogP contribution in [0, 0.1) is 0 Å². The van der Waals surface area contributed by atoms with Crippen molar-refractivity contribution in [1.29, 1.82) is 0 Å². The lowest BCUT2D eigenvalue weighted by Crippen LogP contribution is -2.32. The van der Waals surface area contributed by atoms with E-state index in [0.29, 0.717) is 31.0 Å². The van der Waals surface area contributed by atoms with Gasteiger partial charge in [0.1, 0.15) is 5.82 Å². The van der Waals surface area contributed by atoms with Gasteiger partial charge in [-0.1, -0.05) is 25.1 Å². The zero-order valence-corrected chi connectivity index (χ0v) is 13.6. The van der Waals surface area contributed by atoms with Crippen LogP contribution in [0.3, 0.4) is 0 Å². The van der Waals surface area contributed by atoms with Crippen molar-refractivity contribution in [2.24, 2.45) is 0 Å². The van der Waals surface area contributed by atoms with Crippen LogP contribution in [0.25, 0.3) is 0 Å². The van der Waals surface area contributed by atoms with E-state index in [9.17, 15) is 9.59 Å². The Morgan fingerprint density at radius 3 is 2.54 bits per heavy atom. The van der Waals surface area contributed by atoms with Crippen LogP contribution in [-0.4, -0.2) is 30.0 Å². The molecule has 6 nitrogen and oxygen atoms in total. The number of nitrogens with zero attached hydrogens (tertiary/aromatic N) is 3. The van der Waals surface area contributed by atoms with Gasteiger partial charge in [-0.25, -0.2) is 9.78 Å². The average Bonchev–Trinajstić information content (AvgIpc) is 2.98. The lowest BCUT2D eigenvalue weighted by molar-refractivity contribution is -0.116. The number of hydrogen-bond acceptors (Lipinski definition) is 3. The molecular formula is C18H20N4O2.